The summed E-state index contributed by atoms with van der Waals surface area (Å²) in [6, 6.07) is 11.0. The van der Waals surface area contributed by atoms with E-state index in [2.05, 4.69) is 54.6 Å². The molecule has 0 amide bonds. The molecule has 0 spiro atoms. The molecule has 1 N–H and O–H groups in total. The molecule has 1 aromatic carbocycles. The Morgan fingerprint density at radius 3 is 2.31 bits per heavy atom. The van der Waals surface area contributed by atoms with Crippen LogP contribution in [0.3, 0.4) is 0 Å². The van der Waals surface area contributed by atoms with Crippen molar-refractivity contribution in [1.82, 2.24) is 10.2 Å². The summed E-state index contributed by atoms with van der Waals surface area (Å²) in [5.41, 5.74) is 1.36. The van der Waals surface area contributed by atoms with Gasteiger partial charge in [0.1, 0.15) is 0 Å². The van der Waals surface area contributed by atoms with Gasteiger partial charge >= 0.3 is 0 Å². The van der Waals surface area contributed by atoms with E-state index in [4.69, 9.17) is 0 Å². The molecule has 1 aromatic rings. The van der Waals surface area contributed by atoms with Crippen molar-refractivity contribution in [2.24, 2.45) is 0 Å². The lowest BCUT2D eigenvalue weighted by Gasteiger charge is -2.24. The van der Waals surface area contributed by atoms with Crippen molar-refractivity contribution in [2.75, 3.05) is 27.7 Å². The first-order chi connectivity index (χ1) is 6.25. The fourth-order valence-electron chi connectivity index (χ4n) is 1.47. The van der Waals surface area contributed by atoms with Crippen LogP contribution in [0.1, 0.15) is 11.6 Å². The maximum atomic E-state index is 3.21. The highest BCUT2D eigenvalue weighted by molar-refractivity contribution is 5.19. The maximum Gasteiger partial charge on any atom is 0.0466 e. The third-order valence-electron chi connectivity index (χ3n) is 2.21. The zero-order valence-corrected chi connectivity index (χ0v) is 8.62. The Labute approximate surface area is 80.6 Å². The summed E-state index contributed by atoms with van der Waals surface area (Å²) in [6.07, 6.45) is 0. The fourth-order valence-corrected chi connectivity index (χ4v) is 1.47. The van der Waals surface area contributed by atoms with Crippen molar-refractivity contribution in [1.29, 1.82) is 0 Å². The van der Waals surface area contributed by atoms with Crippen LogP contribution >= 0.6 is 0 Å². The summed E-state index contributed by atoms with van der Waals surface area (Å²) < 4.78 is 0. The second kappa shape index (κ2) is 5.00. The molecule has 0 aliphatic carbocycles. The van der Waals surface area contributed by atoms with Gasteiger partial charge in [0.15, 0.2) is 0 Å². The van der Waals surface area contributed by atoms with Crippen LogP contribution < -0.4 is 5.32 Å². The minimum atomic E-state index is 0.464. The van der Waals surface area contributed by atoms with Crippen LogP contribution in [0.2, 0.25) is 0 Å². The molecule has 0 fully saturated rings. The average Bonchev–Trinajstić information content (AvgIpc) is 2.15. The predicted molar refractivity (Wildman–Crippen MR) is 56.8 cm³/mol. The summed E-state index contributed by atoms with van der Waals surface area (Å²) >= 11 is 0. The third-order valence-corrected chi connectivity index (χ3v) is 2.21. The van der Waals surface area contributed by atoms with Crippen LogP contribution in [0.4, 0.5) is 0 Å². The highest BCUT2D eigenvalue weighted by atomic mass is 15.1. The summed E-state index contributed by atoms with van der Waals surface area (Å²) in [7, 11) is 6.20. The van der Waals surface area contributed by atoms with Crippen molar-refractivity contribution < 1.29 is 0 Å². The Morgan fingerprint density at radius 1 is 1.23 bits per heavy atom. The van der Waals surface area contributed by atoms with Gasteiger partial charge in [-0.05, 0) is 26.7 Å². The Kier molecular flexibility index (Phi) is 3.93. The summed E-state index contributed by atoms with van der Waals surface area (Å²) in [5, 5.41) is 3.21. The third kappa shape index (κ3) is 2.83. The largest absolute Gasteiger partial charge is 0.318 e. The lowest BCUT2D eigenvalue weighted by Crippen LogP contribution is -2.29. The van der Waals surface area contributed by atoms with E-state index in [9.17, 15) is 0 Å². The van der Waals surface area contributed by atoms with Gasteiger partial charge in [0, 0.05) is 12.6 Å². The lowest BCUT2D eigenvalue weighted by molar-refractivity contribution is 0.294. The Morgan fingerprint density at radius 2 is 1.85 bits per heavy atom. The Hall–Kier alpha value is -0.860. The molecule has 0 saturated heterocycles. The van der Waals surface area contributed by atoms with Crippen LogP contribution in [0, 0.1) is 0 Å². The summed E-state index contributed by atoms with van der Waals surface area (Å²) in [6.45, 7) is 0.983. The number of hydrogen-bond acceptors (Lipinski definition) is 2. The number of rotatable bonds is 4. The van der Waals surface area contributed by atoms with Gasteiger partial charge in [0.2, 0.25) is 0 Å². The van der Waals surface area contributed by atoms with Gasteiger partial charge in [0.05, 0.1) is 0 Å². The van der Waals surface area contributed by atoms with E-state index in [1.165, 1.54) is 5.56 Å². The molecule has 1 unspecified atom stereocenters. The minimum absolute atomic E-state index is 0.464. The first-order valence-electron chi connectivity index (χ1n) is 4.61. The Balaban J connectivity index is 2.76. The van der Waals surface area contributed by atoms with Crippen molar-refractivity contribution in [3.63, 3.8) is 0 Å². The van der Waals surface area contributed by atoms with Crippen molar-refractivity contribution in [3.05, 3.63) is 35.9 Å². The fraction of sp³-hybridized carbons (Fsp3) is 0.455. The second-order valence-electron chi connectivity index (χ2n) is 3.45. The van der Waals surface area contributed by atoms with Crippen LogP contribution in [0.5, 0.6) is 0 Å². The van der Waals surface area contributed by atoms with Crippen LogP contribution in [-0.4, -0.2) is 32.6 Å². The van der Waals surface area contributed by atoms with Gasteiger partial charge in [0.25, 0.3) is 0 Å². The highest BCUT2D eigenvalue weighted by Gasteiger charge is 2.11. The first kappa shape index (κ1) is 10.2. The molecule has 0 saturated carbocycles. The molecule has 2 heteroatoms. The van der Waals surface area contributed by atoms with Gasteiger partial charge in [-0.1, -0.05) is 30.3 Å². The molecule has 1 rings (SSSR count). The standard InChI is InChI=1S/C11H18N2/c1-12-9-11(13(2)3)10-7-5-4-6-8-10/h4-8,11-12H,9H2,1-3H3. The maximum absolute atomic E-state index is 3.21. The van der Waals surface area contributed by atoms with E-state index in [1.807, 2.05) is 7.05 Å². The normalized spacial score (nSPS) is 13.2. The smallest absolute Gasteiger partial charge is 0.0466 e. The minimum Gasteiger partial charge on any atom is -0.318 e. The molecule has 72 valence electrons. The topological polar surface area (TPSA) is 15.3 Å². The average molecular weight is 178 g/mol. The van der Waals surface area contributed by atoms with E-state index in [0.717, 1.165) is 6.54 Å². The monoisotopic (exact) mass is 178 g/mol. The van der Waals surface area contributed by atoms with E-state index in [-0.39, 0.29) is 0 Å². The highest BCUT2D eigenvalue weighted by Crippen LogP contribution is 2.16. The van der Waals surface area contributed by atoms with Crippen molar-refractivity contribution in [2.45, 2.75) is 6.04 Å². The number of nitrogens with one attached hydrogen (secondary N) is 1. The lowest BCUT2D eigenvalue weighted by atomic mass is 10.1. The molecule has 0 radical (unpaired) electrons. The van der Waals surface area contributed by atoms with Gasteiger partial charge in [-0.25, -0.2) is 0 Å². The van der Waals surface area contributed by atoms with Crippen molar-refractivity contribution in [3.8, 4) is 0 Å². The molecule has 0 aromatic heterocycles. The number of benzene rings is 1. The van der Waals surface area contributed by atoms with E-state index < -0.39 is 0 Å². The molecule has 0 aliphatic rings. The zero-order chi connectivity index (χ0) is 9.68. The molecule has 0 aliphatic heterocycles. The van der Waals surface area contributed by atoms with E-state index >= 15 is 0 Å². The number of likely N-dealkylation sites (N-methyl/N-ethyl adjacent to an activating group) is 2. The molecule has 13 heavy (non-hydrogen) atoms. The van der Waals surface area contributed by atoms with E-state index in [0.29, 0.717) is 6.04 Å². The first-order valence-corrected chi connectivity index (χ1v) is 4.61. The molecule has 0 bridgehead atoms. The molecule has 1 atom stereocenters. The van der Waals surface area contributed by atoms with Gasteiger partial charge in [-0.3, -0.25) is 0 Å². The van der Waals surface area contributed by atoms with Crippen LogP contribution in [0.25, 0.3) is 0 Å². The van der Waals surface area contributed by atoms with Gasteiger partial charge in [-0.2, -0.15) is 0 Å². The molecular weight excluding hydrogens is 160 g/mol. The quantitative estimate of drug-likeness (QED) is 0.752. The van der Waals surface area contributed by atoms with Gasteiger partial charge < -0.3 is 10.2 Å². The predicted octanol–water partition coefficient (Wildman–Crippen LogP) is 1.51. The number of hydrogen-bond donors (Lipinski definition) is 1. The van der Waals surface area contributed by atoms with Crippen molar-refractivity contribution >= 4 is 0 Å². The molecular formula is C11H18N2. The summed E-state index contributed by atoms with van der Waals surface area (Å²) in [4.78, 5) is 2.23. The second-order valence-corrected chi connectivity index (χ2v) is 3.45. The van der Waals surface area contributed by atoms with Crippen LogP contribution in [-0.2, 0) is 0 Å². The Bertz CT molecular complexity index is 231. The molecule has 2 nitrogen and oxygen atoms in total. The SMILES string of the molecule is CNCC(c1ccccc1)N(C)C. The van der Waals surface area contributed by atoms with Gasteiger partial charge in [-0.15, -0.1) is 0 Å². The zero-order valence-electron chi connectivity index (χ0n) is 8.62. The van der Waals surface area contributed by atoms with Crippen LogP contribution in [0.15, 0.2) is 30.3 Å². The summed E-state index contributed by atoms with van der Waals surface area (Å²) in [5.74, 6) is 0. The number of nitrogens with zero attached hydrogens (tertiary/aromatic N) is 1. The molecule has 0 heterocycles. The van der Waals surface area contributed by atoms with E-state index in [1.54, 1.807) is 0 Å².